The van der Waals surface area contributed by atoms with E-state index in [0.717, 1.165) is 11.3 Å². The molecule has 1 rings (SSSR count). The smallest absolute Gasteiger partial charge is 0.150 e. The van der Waals surface area contributed by atoms with Crippen LogP contribution in [0, 0.1) is 0 Å². The van der Waals surface area contributed by atoms with Crippen LogP contribution in [0.4, 0.5) is 0 Å². The fourth-order valence-electron chi connectivity index (χ4n) is 1.52. The number of ether oxygens (including phenoxy) is 1. The first-order chi connectivity index (χ1) is 7.70. The average molecular weight is 256 g/mol. The predicted molar refractivity (Wildman–Crippen MR) is 70.3 cm³/mol. The van der Waals surface area contributed by atoms with Gasteiger partial charge < -0.3 is 4.74 Å². The Hall–Kier alpha value is -1.03. The van der Waals surface area contributed by atoms with Crippen LogP contribution in [-0.4, -0.2) is 27.0 Å². The second-order valence-electron chi connectivity index (χ2n) is 5.22. The number of benzene rings is 1. The Morgan fingerprint density at radius 2 is 1.76 bits per heavy atom. The van der Waals surface area contributed by atoms with Gasteiger partial charge in [-0.25, -0.2) is 8.42 Å². The zero-order chi connectivity index (χ0) is 13.1. The van der Waals surface area contributed by atoms with E-state index in [4.69, 9.17) is 4.74 Å². The molecule has 0 radical (unpaired) electrons. The van der Waals surface area contributed by atoms with Gasteiger partial charge in [0.15, 0.2) is 9.84 Å². The van der Waals surface area contributed by atoms with Crippen molar-refractivity contribution in [1.29, 1.82) is 0 Å². The summed E-state index contributed by atoms with van der Waals surface area (Å²) in [6.07, 6.45) is 1.21. The molecule has 0 aliphatic carbocycles. The summed E-state index contributed by atoms with van der Waals surface area (Å²) in [4.78, 5) is 0. The van der Waals surface area contributed by atoms with Gasteiger partial charge >= 0.3 is 0 Å². The van der Waals surface area contributed by atoms with Gasteiger partial charge in [-0.1, -0.05) is 39.0 Å². The van der Waals surface area contributed by atoms with Crippen LogP contribution in [-0.2, 0) is 15.3 Å². The lowest BCUT2D eigenvalue weighted by Crippen LogP contribution is -2.16. The van der Waals surface area contributed by atoms with Crippen LogP contribution in [0.15, 0.2) is 24.3 Å². The van der Waals surface area contributed by atoms with Crippen LogP contribution in [0.5, 0.6) is 5.75 Å². The van der Waals surface area contributed by atoms with E-state index in [1.807, 2.05) is 24.3 Å². The quantitative estimate of drug-likeness (QED) is 0.831. The van der Waals surface area contributed by atoms with Gasteiger partial charge in [-0.05, 0) is 17.0 Å². The lowest BCUT2D eigenvalue weighted by Gasteiger charge is -2.22. The molecule has 3 nitrogen and oxygen atoms in total. The first-order valence-corrected chi connectivity index (χ1v) is 7.66. The number of para-hydroxylation sites is 1. The molecule has 1 aromatic carbocycles. The van der Waals surface area contributed by atoms with Crippen LogP contribution in [0.2, 0.25) is 0 Å². The lowest BCUT2D eigenvalue weighted by molar-refractivity contribution is 0.331. The van der Waals surface area contributed by atoms with Gasteiger partial charge in [0, 0.05) is 6.26 Å². The predicted octanol–water partition coefficient (Wildman–Crippen LogP) is 2.41. The second kappa shape index (κ2) is 5.08. The summed E-state index contributed by atoms with van der Waals surface area (Å²) in [5.41, 5.74) is 1.08. The molecule has 0 heterocycles. The standard InChI is InChI=1S/C13H20O3S/c1-13(2,3)11-7-5-6-8-12(11)16-9-10-17(4,14)15/h5-8H,9-10H2,1-4H3. The average Bonchev–Trinajstić information content (AvgIpc) is 2.15. The van der Waals surface area contributed by atoms with Crippen LogP contribution in [0.3, 0.4) is 0 Å². The minimum atomic E-state index is -2.97. The van der Waals surface area contributed by atoms with Gasteiger partial charge in [-0.2, -0.15) is 0 Å². The summed E-state index contributed by atoms with van der Waals surface area (Å²) in [6.45, 7) is 6.51. The molecular weight excluding hydrogens is 236 g/mol. The van der Waals surface area contributed by atoms with Crippen molar-refractivity contribution in [3.8, 4) is 5.75 Å². The largest absolute Gasteiger partial charge is 0.492 e. The maximum absolute atomic E-state index is 11.0. The van der Waals surface area contributed by atoms with Gasteiger partial charge in [0.25, 0.3) is 0 Å². The van der Waals surface area contributed by atoms with Crippen molar-refractivity contribution in [3.05, 3.63) is 29.8 Å². The number of hydrogen-bond donors (Lipinski definition) is 0. The van der Waals surface area contributed by atoms with Crippen molar-refractivity contribution >= 4 is 9.84 Å². The Bertz CT molecular complexity index is 470. The fraction of sp³-hybridized carbons (Fsp3) is 0.538. The summed E-state index contributed by atoms with van der Waals surface area (Å²) < 4.78 is 27.6. The summed E-state index contributed by atoms with van der Waals surface area (Å²) in [7, 11) is -2.97. The highest BCUT2D eigenvalue weighted by atomic mass is 32.2. The molecule has 0 saturated heterocycles. The van der Waals surface area contributed by atoms with Gasteiger partial charge in [0.2, 0.25) is 0 Å². The minimum Gasteiger partial charge on any atom is -0.492 e. The van der Waals surface area contributed by atoms with E-state index in [1.54, 1.807) is 0 Å². The highest BCUT2D eigenvalue weighted by Gasteiger charge is 2.18. The third-order valence-corrected chi connectivity index (χ3v) is 3.32. The van der Waals surface area contributed by atoms with Crippen molar-refractivity contribution in [2.24, 2.45) is 0 Å². The number of sulfone groups is 1. The van der Waals surface area contributed by atoms with E-state index in [1.165, 1.54) is 6.26 Å². The summed E-state index contributed by atoms with van der Waals surface area (Å²) in [6, 6.07) is 7.74. The first-order valence-electron chi connectivity index (χ1n) is 5.60. The van der Waals surface area contributed by atoms with Crippen LogP contribution in [0.25, 0.3) is 0 Å². The Kier molecular flexibility index (Phi) is 4.20. The minimum absolute atomic E-state index is 0.0122. The maximum atomic E-state index is 11.0. The third kappa shape index (κ3) is 4.77. The molecule has 0 unspecified atom stereocenters. The molecule has 0 fully saturated rings. The molecule has 0 atom stereocenters. The monoisotopic (exact) mass is 256 g/mol. The molecule has 0 aromatic heterocycles. The molecular formula is C13H20O3S. The third-order valence-electron chi connectivity index (χ3n) is 2.41. The molecule has 0 amide bonds. The van der Waals surface area contributed by atoms with Crippen molar-refractivity contribution in [2.45, 2.75) is 26.2 Å². The molecule has 0 saturated carbocycles. The molecule has 0 bridgehead atoms. The molecule has 0 N–H and O–H groups in total. The highest BCUT2D eigenvalue weighted by Crippen LogP contribution is 2.30. The summed E-state index contributed by atoms with van der Waals surface area (Å²) >= 11 is 0. The van der Waals surface area contributed by atoms with Gasteiger partial charge in [-0.15, -0.1) is 0 Å². The van der Waals surface area contributed by atoms with Crippen LogP contribution >= 0.6 is 0 Å². The molecule has 96 valence electrons. The van der Waals surface area contributed by atoms with E-state index in [2.05, 4.69) is 20.8 Å². The van der Waals surface area contributed by atoms with E-state index < -0.39 is 9.84 Å². The Morgan fingerprint density at radius 1 is 1.18 bits per heavy atom. The van der Waals surface area contributed by atoms with E-state index in [9.17, 15) is 8.42 Å². The van der Waals surface area contributed by atoms with Crippen LogP contribution in [0.1, 0.15) is 26.3 Å². The first kappa shape index (κ1) is 14.0. The topological polar surface area (TPSA) is 43.4 Å². The van der Waals surface area contributed by atoms with Crippen molar-refractivity contribution < 1.29 is 13.2 Å². The van der Waals surface area contributed by atoms with Gasteiger partial charge in [-0.3, -0.25) is 0 Å². The molecule has 4 heteroatoms. The summed E-state index contributed by atoms with van der Waals surface area (Å²) in [5, 5.41) is 0. The van der Waals surface area contributed by atoms with Crippen molar-refractivity contribution in [2.75, 3.05) is 18.6 Å². The van der Waals surface area contributed by atoms with Gasteiger partial charge in [0.1, 0.15) is 12.4 Å². The van der Waals surface area contributed by atoms with Crippen molar-refractivity contribution in [3.63, 3.8) is 0 Å². The highest BCUT2D eigenvalue weighted by molar-refractivity contribution is 7.90. The number of hydrogen-bond acceptors (Lipinski definition) is 3. The lowest BCUT2D eigenvalue weighted by atomic mass is 9.86. The van der Waals surface area contributed by atoms with E-state index in [0.29, 0.717) is 0 Å². The van der Waals surface area contributed by atoms with E-state index in [-0.39, 0.29) is 17.8 Å². The molecule has 0 aliphatic rings. The van der Waals surface area contributed by atoms with E-state index >= 15 is 0 Å². The Balaban J connectivity index is 2.78. The molecule has 17 heavy (non-hydrogen) atoms. The Morgan fingerprint density at radius 3 is 2.29 bits per heavy atom. The van der Waals surface area contributed by atoms with Crippen molar-refractivity contribution in [1.82, 2.24) is 0 Å². The molecule has 0 spiro atoms. The normalized spacial score (nSPS) is 12.5. The maximum Gasteiger partial charge on any atom is 0.150 e. The SMILES string of the molecule is CC(C)(C)c1ccccc1OCCS(C)(=O)=O. The zero-order valence-electron chi connectivity index (χ0n) is 10.9. The zero-order valence-corrected chi connectivity index (χ0v) is 11.7. The molecule has 0 aliphatic heterocycles. The number of rotatable bonds is 4. The fourth-order valence-corrected chi connectivity index (χ4v) is 1.90. The van der Waals surface area contributed by atoms with Gasteiger partial charge in [0.05, 0.1) is 5.75 Å². The molecule has 1 aromatic rings. The Labute approximate surface area is 104 Å². The van der Waals surface area contributed by atoms with Crippen LogP contribution < -0.4 is 4.74 Å². The summed E-state index contributed by atoms with van der Waals surface area (Å²) in [5.74, 6) is 0.814. The second-order valence-corrected chi connectivity index (χ2v) is 7.48.